The number of aromatic nitrogens is 2. The Hall–Kier alpha value is -3.28. The molecule has 0 amide bonds. The van der Waals surface area contributed by atoms with E-state index in [0.29, 0.717) is 10.9 Å². The molecular weight excluding hydrogens is 332 g/mol. The van der Waals surface area contributed by atoms with Crippen LogP contribution in [0, 0.1) is 0 Å². The van der Waals surface area contributed by atoms with Gasteiger partial charge in [0, 0.05) is 22.4 Å². The maximum Gasteiger partial charge on any atom is 0.355 e. The minimum absolute atomic E-state index is 0.122. The largest absolute Gasteiger partial charge is 0.462 e. The van der Waals surface area contributed by atoms with Crippen LogP contribution in [-0.2, 0) is 9.47 Å². The molecule has 0 spiro atoms. The number of benzene rings is 2. The van der Waals surface area contributed by atoms with Gasteiger partial charge in [0.05, 0.1) is 29.8 Å². The molecule has 0 atom stereocenters. The topological polar surface area (TPSA) is 84.2 Å². The first-order valence-corrected chi connectivity index (χ1v) is 8.54. The summed E-state index contributed by atoms with van der Waals surface area (Å²) in [7, 11) is 0. The van der Waals surface area contributed by atoms with Gasteiger partial charge < -0.3 is 19.4 Å². The van der Waals surface area contributed by atoms with Crippen LogP contribution in [0.3, 0.4) is 0 Å². The van der Waals surface area contributed by atoms with Gasteiger partial charge in [0.25, 0.3) is 0 Å². The van der Waals surface area contributed by atoms with Crippen molar-refractivity contribution in [3.8, 4) is 0 Å². The maximum atomic E-state index is 12.5. The Balaban J connectivity index is 2.10. The Morgan fingerprint density at radius 3 is 2.35 bits per heavy atom. The van der Waals surface area contributed by atoms with E-state index in [4.69, 9.17) is 9.47 Å². The lowest BCUT2D eigenvalue weighted by Gasteiger charge is -2.04. The van der Waals surface area contributed by atoms with Crippen molar-refractivity contribution >= 4 is 44.5 Å². The van der Waals surface area contributed by atoms with E-state index >= 15 is 0 Å². The van der Waals surface area contributed by atoms with Gasteiger partial charge in [-0.25, -0.2) is 9.59 Å². The number of rotatable bonds is 4. The Kier molecular flexibility index (Phi) is 3.88. The Morgan fingerprint density at radius 1 is 0.885 bits per heavy atom. The second kappa shape index (κ2) is 6.22. The number of H-pyrrole nitrogens is 2. The van der Waals surface area contributed by atoms with Crippen LogP contribution in [0.4, 0.5) is 0 Å². The summed E-state index contributed by atoms with van der Waals surface area (Å²) in [6.45, 7) is 3.90. The minimum Gasteiger partial charge on any atom is -0.462 e. The predicted octanol–water partition coefficient (Wildman–Crippen LogP) is 4.16. The van der Waals surface area contributed by atoms with E-state index in [1.165, 1.54) is 0 Å². The van der Waals surface area contributed by atoms with Gasteiger partial charge in [-0.2, -0.15) is 0 Å². The fraction of sp³-hybridized carbons (Fsp3) is 0.200. The third kappa shape index (κ3) is 2.34. The summed E-state index contributed by atoms with van der Waals surface area (Å²) >= 11 is 0. The van der Waals surface area contributed by atoms with Gasteiger partial charge in [-0.3, -0.25) is 0 Å². The highest BCUT2D eigenvalue weighted by atomic mass is 16.5. The molecule has 132 valence electrons. The molecule has 4 rings (SSSR count). The van der Waals surface area contributed by atoms with Crippen LogP contribution in [0.15, 0.2) is 36.5 Å². The lowest BCUT2D eigenvalue weighted by molar-refractivity contribution is 0.0477. The average Bonchev–Trinajstić information content (AvgIpc) is 3.26. The lowest BCUT2D eigenvalue weighted by Crippen LogP contribution is -2.13. The summed E-state index contributed by atoms with van der Waals surface area (Å²) in [5.41, 5.74) is 1.99. The minimum atomic E-state index is -0.571. The van der Waals surface area contributed by atoms with Crippen LogP contribution in [0.1, 0.15) is 34.7 Å². The number of aromatic amines is 2. The molecule has 0 saturated carbocycles. The van der Waals surface area contributed by atoms with Crippen LogP contribution in [0.2, 0.25) is 0 Å². The summed E-state index contributed by atoms with van der Waals surface area (Å²) in [4.78, 5) is 31.3. The standard InChI is InChI=1S/C20H18N2O4/c1-3-25-19(23)15-13-8-7-11-5-6-12-9-10-21-16(12)14(11)17(13)22-18(15)20(24)26-4-2/h5-10,21-22H,3-4H2,1-2H3. The zero-order valence-electron chi connectivity index (χ0n) is 14.5. The molecule has 6 nitrogen and oxygen atoms in total. The average molecular weight is 350 g/mol. The van der Waals surface area contributed by atoms with E-state index in [2.05, 4.69) is 9.97 Å². The Labute approximate surface area is 149 Å². The van der Waals surface area contributed by atoms with Crippen LogP contribution in [-0.4, -0.2) is 35.1 Å². The number of carbonyl (C=O) groups excluding carboxylic acids is 2. The molecule has 0 radical (unpaired) electrons. The number of nitrogens with one attached hydrogen (secondary N) is 2. The van der Waals surface area contributed by atoms with Gasteiger partial charge in [0.15, 0.2) is 0 Å². The zero-order chi connectivity index (χ0) is 18.3. The number of hydrogen-bond acceptors (Lipinski definition) is 4. The molecule has 2 aromatic carbocycles. The van der Waals surface area contributed by atoms with Crippen molar-refractivity contribution in [2.45, 2.75) is 13.8 Å². The SMILES string of the molecule is CCOC(=O)c1[nH]c2c(ccc3ccc4cc[nH]c4c32)c1C(=O)OCC. The monoisotopic (exact) mass is 350 g/mol. The van der Waals surface area contributed by atoms with Gasteiger partial charge in [-0.15, -0.1) is 0 Å². The molecule has 6 heteroatoms. The summed E-state index contributed by atoms with van der Waals surface area (Å²) in [6.07, 6.45) is 1.87. The van der Waals surface area contributed by atoms with E-state index in [9.17, 15) is 9.59 Å². The Bertz CT molecular complexity index is 1150. The Morgan fingerprint density at radius 2 is 1.58 bits per heavy atom. The maximum absolute atomic E-state index is 12.5. The van der Waals surface area contributed by atoms with Gasteiger partial charge in [0.2, 0.25) is 0 Å². The van der Waals surface area contributed by atoms with E-state index < -0.39 is 11.9 Å². The second-order valence-corrected chi connectivity index (χ2v) is 5.91. The first-order chi connectivity index (χ1) is 12.7. The summed E-state index contributed by atoms with van der Waals surface area (Å²) < 4.78 is 10.3. The molecule has 0 aliphatic carbocycles. The molecule has 4 aromatic rings. The number of carbonyl (C=O) groups is 2. The molecule has 0 aliphatic heterocycles. The second-order valence-electron chi connectivity index (χ2n) is 5.91. The van der Waals surface area contributed by atoms with E-state index in [0.717, 1.165) is 21.7 Å². The highest BCUT2D eigenvalue weighted by Crippen LogP contribution is 2.34. The fourth-order valence-corrected chi connectivity index (χ4v) is 3.38. The first kappa shape index (κ1) is 16.2. The summed E-state index contributed by atoms with van der Waals surface area (Å²) in [5, 5.41) is 3.61. The van der Waals surface area contributed by atoms with Crippen molar-refractivity contribution < 1.29 is 19.1 Å². The van der Waals surface area contributed by atoms with Gasteiger partial charge in [-0.1, -0.05) is 24.3 Å². The molecule has 2 N–H and O–H groups in total. The van der Waals surface area contributed by atoms with E-state index in [1.54, 1.807) is 13.8 Å². The van der Waals surface area contributed by atoms with Crippen molar-refractivity contribution in [2.24, 2.45) is 0 Å². The molecule has 0 unspecified atom stereocenters. The fourth-order valence-electron chi connectivity index (χ4n) is 3.38. The van der Waals surface area contributed by atoms with Gasteiger partial charge in [-0.05, 0) is 25.3 Å². The van der Waals surface area contributed by atoms with Crippen molar-refractivity contribution in [1.29, 1.82) is 0 Å². The molecular formula is C20H18N2O4. The van der Waals surface area contributed by atoms with E-state index in [-0.39, 0.29) is 24.5 Å². The highest BCUT2D eigenvalue weighted by molar-refractivity contribution is 6.23. The number of fused-ring (bicyclic) bond motifs is 5. The summed E-state index contributed by atoms with van der Waals surface area (Å²) in [6, 6.07) is 9.79. The van der Waals surface area contributed by atoms with Gasteiger partial charge >= 0.3 is 11.9 Å². The highest BCUT2D eigenvalue weighted by Gasteiger charge is 2.26. The molecule has 0 saturated heterocycles. The van der Waals surface area contributed by atoms with Crippen LogP contribution in [0.25, 0.3) is 32.6 Å². The molecule has 2 heterocycles. The zero-order valence-corrected chi connectivity index (χ0v) is 14.5. The number of ether oxygens (including phenoxy) is 2. The number of esters is 2. The third-order valence-corrected chi connectivity index (χ3v) is 4.44. The van der Waals surface area contributed by atoms with Crippen molar-refractivity contribution in [3.05, 3.63) is 47.8 Å². The molecule has 2 aromatic heterocycles. The summed E-state index contributed by atoms with van der Waals surface area (Å²) in [5.74, 6) is -1.11. The predicted molar refractivity (Wildman–Crippen MR) is 99.6 cm³/mol. The number of hydrogen-bond donors (Lipinski definition) is 2. The normalized spacial score (nSPS) is 11.3. The lowest BCUT2D eigenvalue weighted by atomic mass is 10.0. The molecule has 26 heavy (non-hydrogen) atoms. The smallest absolute Gasteiger partial charge is 0.355 e. The van der Waals surface area contributed by atoms with Crippen LogP contribution >= 0.6 is 0 Å². The molecule has 0 bridgehead atoms. The van der Waals surface area contributed by atoms with Crippen LogP contribution in [0.5, 0.6) is 0 Å². The van der Waals surface area contributed by atoms with Gasteiger partial charge in [0.1, 0.15) is 5.69 Å². The van der Waals surface area contributed by atoms with Crippen molar-refractivity contribution in [3.63, 3.8) is 0 Å². The van der Waals surface area contributed by atoms with Crippen molar-refractivity contribution in [1.82, 2.24) is 9.97 Å². The van der Waals surface area contributed by atoms with E-state index in [1.807, 2.05) is 36.5 Å². The first-order valence-electron chi connectivity index (χ1n) is 8.54. The van der Waals surface area contributed by atoms with Crippen molar-refractivity contribution in [2.75, 3.05) is 13.2 Å². The third-order valence-electron chi connectivity index (χ3n) is 4.44. The molecule has 0 aliphatic rings. The quantitative estimate of drug-likeness (QED) is 0.541. The van der Waals surface area contributed by atoms with Crippen LogP contribution < -0.4 is 0 Å². The molecule has 0 fully saturated rings.